The van der Waals surface area contributed by atoms with E-state index in [9.17, 15) is 13.2 Å². The number of nitrogens with two attached hydrogens (primary N) is 1. The van der Waals surface area contributed by atoms with Gasteiger partial charge in [-0.25, -0.2) is 8.42 Å². The molecule has 0 saturated heterocycles. The van der Waals surface area contributed by atoms with Gasteiger partial charge in [0, 0.05) is 18.6 Å². The molecule has 0 spiro atoms. The van der Waals surface area contributed by atoms with Crippen LogP contribution in [0.5, 0.6) is 17.2 Å². The summed E-state index contributed by atoms with van der Waals surface area (Å²) in [5.41, 5.74) is 6.53. The molecule has 0 radical (unpaired) electrons. The summed E-state index contributed by atoms with van der Waals surface area (Å²) in [6.07, 6.45) is -0.229. The number of carbonyl (C=O) groups excluding carboxylic acids is 1. The molecule has 8 nitrogen and oxygen atoms in total. The monoisotopic (exact) mass is 430 g/mol. The van der Waals surface area contributed by atoms with Gasteiger partial charge in [0.2, 0.25) is 5.91 Å². The molecule has 10 heteroatoms. The Morgan fingerprint density at radius 1 is 1.00 bits per heavy atom. The number of hydrogen-bond donors (Lipinski definition) is 2. The number of hydrogen-bond acceptors (Lipinski definition) is 7. The molecule has 0 atom stereocenters. The summed E-state index contributed by atoms with van der Waals surface area (Å²) in [7, 11) is 0.688. The van der Waals surface area contributed by atoms with Gasteiger partial charge in [-0.2, -0.15) is 0 Å². The summed E-state index contributed by atoms with van der Waals surface area (Å²) in [6, 6.07) is 9.10. The number of amides is 1. The lowest BCUT2D eigenvalue weighted by Gasteiger charge is -2.11. The number of anilines is 2. The maximum absolute atomic E-state index is 12.5. The van der Waals surface area contributed by atoms with Crippen molar-refractivity contribution < 1.29 is 27.4 Å². The fraction of sp³-hybridized carbons (Fsp3) is 0.278. The van der Waals surface area contributed by atoms with Gasteiger partial charge in [-0.15, -0.1) is 12.4 Å². The van der Waals surface area contributed by atoms with Gasteiger partial charge in [-0.1, -0.05) is 0 Å². The highest BCUT2D eigenvalue weighted by Gasteiger charge is 2.19. The van der Waals surface area contributed by atoms with Crippen molar-refractivity contribution in [2.45, 2.75) is 11.3 Å². The molecule has 0 aliphatic carbocycles. The number of nitrogens with one attached hydrogen (secondary N) is 1. The average molecular weight is 431 g/mol. The van der Waals surface area contributed by atoms with Crippen LogP contribution in [0.15, 0.2) is 41.3 Å². The van der Waals surface area contributed by atoms with E-state index in [0.717, 1.165) is 0 Å². The molecule has 0 aliphatic heterocycles. The summed E-state index contributed by atoms with van der Waals surface area (Å²) >= 11 is 0. The lowest BCUT2D eigenvalue weighted by atomic mass is 10.2. The van der Waals surface area contributed by atoms with E-state index < -0.39 is 15.7 Å². The van der Waals surface area contributed by atoms with E-state index in [0.29, 0.717) is 28.6 Å². The fourth-order valence-electron chi connectivity index (χ4n) is 2.34. The van der Waals surface area contributed by atoms with Gasteiger partial charge in [-0.05, 0) is 24.3 Å². The summed E-state index contributed by atoms with van der Waals surface area (Å²) in [4.78, 5) is 12.2. The van der Waals surface area contributed by atoms with E-state index in [-0.39, 0.29) is 29.5 Å². The Morgan fingerprint density at radius 2 is 1.68 bits per heavy atom. The molecule has 154 valence electrons. The zero-order valence-corrected chi connectivity index (χ0v) is 17.4. The second-order valence-corrected chi connectivity index (χ2v) is 7.70. The SMILES string of the molecule is COc1ccc(N)c(NC(=O)CCS(=O)(=O)c2ccc(OC)c(OC)c2)c1.Cl. The highest BCUT2D eigenvalue weighted by Crippen LogP contribution is 2.30. The summed E-state index contributed by atoms with van der Waals surface area (Å²) < 4.78 is 40.3. The minimum Gasteiger partial charge on any atom is -0.497 e. The molecule has 0 saturated carbocycles. The van der Waals surface area contributed by atoms with Crippen LogP contribution in [0.4, 0.5) is 11.4 Å². The molecule has 0 fully saturated rings. The summed E-state index contributed by atoms with van der Waals surface area (Å²) in [5.74, 6) is 0.407. The number of carbonyl (C=O) groups is 1. The van der Waals surface area contributed by atoms with Crippen molar-refractivity contribution >= 4 is 39.5 Å². The standard InChI is InChI=1S/C18H22N2O6S.ClH/c1-24-12-4-6-14(19)15(10-12)20-18(21)8-9-27(22,23)13-5-7-16(25-2)17(11-13)26-3;/h4-7,10-11H,8-9,19H2,1-3H3,(H,20,21);1H. The molecule has 2 aromatic carbocycles. The highest BCUT2D eigenvalue weighted by atomic mass is 35.5. The molecule has 0 aromatic heterocycles. The van der Waals surface area contributed by atoms with Crippen molar-refractivity contribution in [2.75, 3.05) is 38.1 Å². The Balaban J connectivity index is 0.00000392. The van der Waals surface area contributed by atoms with Crippen LogP contribution in [0.25, 0.3) is 0 Å². The third-order valence-corrected chi connectivity index (χ3v) is 5.56. The van der Waals surface area contributed by atoms with Crippen LogP contribution < -0.4 is 25.3 Å². The normalized spacial score (nSPS) is 10.5. The Bertz CT molecular complexity index is 934. The van der Waals surface area contributed by atoms with Gasteiger partial charge in [0.1, 0.15) is 5.75 Å². The Labute approximate surface area is 170 Å². The van der Waals surface area contributed by atoms with Crippen molar-refractivity contribution in [1.82, 2.24) is 0 Å². The van der Waals surface area contributed by atoms with Crippen LogP contribution in [0.2, 0.25) is 0 Å². The van der Waals surface area contributed by atoms with Gasteiger partial charge >= 0.3 is 0 Å². The average Bonchev–Trinajstić information content (AvgIpc) is 2.67. The summed E-state index contributed by atoms with van der Waals surface area (Å²) in [6.45, 7) is 0. The van der Waals surface area contributed by atoms with Crippen LogP contribution in [0.3, 0.4) is 0 Å². The number of halogens is 1. The first-order chi connectivity index (χ1) is 12.8. The van der Waals surface area contributed by atoms with E-state index in [4.69, 9.17) is 19.9 Å². The molecule has 0 heterocycles. The van der Waals surface area contributed by atoms with Crippen molar-refractivity contribution in [3.05, 3.63) is 36.4 Å². The van der Waals surface area contributed by atoms with E-state index in [1.165, 1.54) is 39.5 Å². The quantitative estimate of drug-likeness (QED) is 0.618. The summed E-state index contributed by atoms with van der Waals surface area (Å²) in [5, 5.41) is 2.60. The minimum absolute atomic E-state index is 0. The number of ether oxygens (including phenoxy) is 3. The van der Waals surface area contributed by atoms with Crippen molar-refractivity contribution in [3.63, 3.8) is 0 Å². The van der Waals surface area contributed by atoms with Crippen molar-refractivity contribution in [3.8, 4) is 17.2 Å². The van der Waals surface area contributed by atoms with E-state index in [1.54, 1.807) is 18.2 Å². The minimum atomic E-state index is -3.68. The first-order valence-corrected chi connectivity index (χ1v) is 9.64. The van der Waals surface area contributed by atoms with Crippen LogP contribution in [0, 0.1) is 0 Å². The second kappa shape index (κ2) is 10.0. The van der Waals surface area contributed by atoms with Crippen LogP contribution in [0.1, 0.15) is 6.42 Å². The van der Waals surface area contributed by atoms with E-state index >= 15 is 0 Å². The van der Waals surface area contributed by atoms with E-state index in [1.807, 2.05) is 0 Å². The smallest absolute Gasteiger partial charge is 0.225 e. The molecule has 1 amide bonds. The number of rotatable bonds is 8. The Hall–Kier alpha value is -2.65. The molecular weight excluding hydrogens is 408 g/mol. The van der Waals surface area contributed by atoms with Gasteiger partial charge in [0.05, 0.1) is 43.4 Å². The lowest BCUT2D eigenvalue weighted by molar-refractivity contribution is -0.115. The molecule has 2 rings (SSSR count). The van der Waals surface area contributed by atoms with Crippen LogP contribution in [-0.4, -0.2) is 41.4 Å². The molecule has 0 bridgehead atoms. The molecule has 0 aliphatic rings. The first kappa shape index (κ1) is 23.4. The van der Waals surface area contributed by atoms with Gasteiger partial charge in [0.15, 0.2) is 21.3 Å². The molecule has 0 unspecified atom stereocenters. The number of methoxy groups -OCH3 is 3. The molecule has 28 heavy (non-hydrogen) atoms. The molecular formula is C18H23ClN2O6S. The first-order valence-electron chi connectivity index (χ1n) is 7.99. The van der Waals surface area contributed by atoms with Crippen molar-refractivity contribution in [1.29, 1.82) is 0 Å². The maximum atomic E-state index is 12.5. The topological polar surface area (TPSA) is 117 Å². The Morgan fingerprint density at radius 3 is 2.29 bits per heavy atom. The zero-order valence-electron chi connectivity index (χ0n) is 15.7. The number of sulfone groups is 1. The highest BCUT2D eigenvalue weighted by molar-refractivity contribution is 7.91. The van der Waals surface area contributed by atoms with Gasteiger partial charge in [-0.3, -0.25) is 4.79 Å². The second-order valence-electron chi connectivity index (χ2n) is 5.59. The predicted molar refractivity (Wildman–Crippen MR) is 109 cm³/mol. The lowest BCUT2D eigenvalue weighted by Crippen LogP contribution is -2.18. The fourth-order valence-corrected chi connectivity index (χ4v) is 3.59. The largest absolute Gasteiger partial charge is 0.497 e. The van der Waals surface area contributed by atoms with Gasteiger partial charge < -0.3 is 25.3 Å². The zero-order chi connectivity index (χ0) is 20.0. The van der Waals surface area contributed by atoms with Crippen LogP contribution in [-0.2, 0) is 14.6 Å². The third kappa shape index (κ3) is 5.67. The molecule has 2 aromatic rings. The number of benzene rings is 2. The Kier molecular flexibility index (Phi) is 8.39. The van der Waals surface area contributed by atoms with Gasteiger partial charge in [0.25, 0.3) is 0 Å². The predicted octanol–water partition coefficient (Wildman–Crippen LogP) is 2.52. The molecule has 3 N–H and O–H groups in total. The van der Waals surface area contributed by atoms with Crippen molar-refractivity contribution in [2.24, 2.45) is 0 Å². The van der Waals surface area contributed by atoms with E-state index in [2.05, 4.69) is 5.32 Å². The third-order valence-electron chi connectivity index (χ3n) is 3.85. The number of nitrogen functional groups attached to an aromatic ring is 1. The maximum Gasteiger partial charge on any atom is 0.225 e. The van der Waals surface area contributed by atoms with Crippen LogP contribution >= 0.6 is 12.4 Å².